The van der Waals surface area contributed by atoms with Gasteiger partial charge in [-0.05, 0) is 56.2 Å². The first-order chi connectivity index (χ1) is 11.5. The van der Waals surface area contributed by atoms with E-state index in [-0.39, 0.29) is 12.0 Å². The van der Waals surface area contributed by atoms with Gasteiger partial charge in [-0.25, -0.2) is 8.78 Å². The van der Waals surface area contributed by atoms with Crippen molar-refractivity contribution >= 4 is 0 Å². The molecule has 1 nitrogen and oxygen atoms in total. The second kappa shape index (κ2) is 7.43. The smallest absolute Gasteiger partial charge is 0.162 e. The summed E-state index contributed by atoms with van der Waals surface area (Å²) < 4.78 is 33.8. The van der Waals surface area contributed by atoms with Crippen LogP contribution in [0.5, 0.6) is 0 Å². The van der Waals surface area contributed by atoms with Gasteiger partial charge in [-0.2, -0.15) is 0 Å². The molecule has 1 heterocycles. The van der Waals surface area contributed by atoms with Gasteiger partial charge in [0.15, 0.2) is 11.6 Å². The van der Waals surface area contributed by atoms with Crippen LogP contribution >= 0.6 is 0 Å². The Morgan fingerprint density at radius 1 is 0.958 bits per heavy atom. The first-order valence-electron chi connectivity index (χ1n) is 8.66. The molecule has 128 valence electrons. The van der Waals surface area contributed by atoms with E-state index in [1.54, 1.807) is 19.1 Å². The average molecular weight is 330 g/mol. The van der Waals surface area contributed by atoms with Gasteiger partial charge in [-0.3, -0.25) is 0 Å². The van der Waals surface area contributed by atoms with Gasteiger partial charge in [0, 0.05) is 5.92 Å². The molecule has 1 saturated heterocycles. The normalized spacial score (nSPS) is 21.0. The number of ether oxygens (including phenoxy) is 1. The molecule has 2 aromatic rings. The second-order valence-electron chi connectivity index (χ2n) is 6.85. The molecule has 3 rings (SSSR count). The first-order valence-corrected chi connectivity index (χ1v) is 8.66. The molecule has 0 N–H and O–H groups in total. The summed E-state index contributed by atoms with van der Waals surface area (Å²) in [5.74, 6) is -1.48. The van der Waals surface area contributed by atoms with E-state index in [2.05, 4.69) is 31.2 Å². The van der Waals surface area contributed by atoms with Gasteiger partial charge in [0.1, 0.15) is 0 Å². The summed E-state index contributed by atoms with van der Waals surface area (Å²) in [7, 11) is 0. The monoisotopic (exact) mass is 330 g/mol. The number of halogens is 2. The predicted octanol–water partition coefficient (Wildman–Crippen LogP) is 5.48. The maximum atomic E-state index is 14.1. The van der Waals surface area contributed by atoms with Gasteiger partial charge in [0.05, 0.1) is 12.7 Å². The molecule has 2 atom stereocenters. The van der Waals surface area contributed by atoms with Crippen LogP contribution in [0.25, 0.3) is 0 Å². The molecule has 1 fully saturated rings. The molecule has 0 aliphatic carbocycles. The summed E-state index contributed by atoms with van der Waals surface area (Å²) >= 11 is 0. The highest BCUT2D eigenvalue weighted by Gasteiger charge is 2.26. The largest absolute Gasteiger partial charge is 0.378 e. The Hall–Kier alpha value is -1.74. The molecule has 0 spiro atoms. The highest BCUT2D eigenvalue weighted by Crippen LogP contribution is 2.32. The van der Waals surface area contributed by atoms with Gasteiger partial charge in [-0.1, -0.05) is 42.0 Å². The van der Waals surface area contributed by atoms with Crippen LogP contribution in [0.1, 0.15) is 47.4 Å². The molecular weight excluding hydrogens is 306 g/mol. The van der Waals surface area contributed by atoms with E-state index < -0.39 is 11.6 Å². The molecule has 2 unspecified atom stereocenters. The Bertz CT molecular complexity index is 686. The van der Waals surface area contributed by atoms with Gasteiger partial charge in [0.2, 0.25) is 0 Å². The summed E-state index contributed by atoms with van der Waals surface area (Å²) in [5, 5.41) is 0. The summed E-state index contributed by atoms with van der Waals surface area (Å²) in [4.78, 5) is 0. The Labute approximate surface area is 142 Å². The van der Waals surface area contributed by atoms with Gasteiger partial charge < -0.3 is 4.74 Å². The Kier molecular flexibility index (Phi) is 5.30. The van der Waals surface area contributed by atoms with Crippen molar-refractivity contribution in [3.8, 4) is 0 Å². The highest BCUT2D eigenvalue weighted by atomic mass is 19.2. The van der Waals surface area contributed by atoms with Gasteiger partial charge in [0.25, 0.3) is 0 Å². The summed E-state index contributed by atoms with van der Waals surface area (Å²) in [6.45, 7) is 4.14. The fourth-order valence-corrected chi connectivity index (χ4v) is 3.34. The highest BCUT2D eigenvalue weighted by molar-refractivity contribution is 5.28. The molecule has 1 aliphatic rings. The predicted molar refractivity (Wildman–Crippen MR) is 92.3 cm³/mol. The molecular formula is C21H24F2O. The third-order valence-electron chi connectivity index (χ3n) is 4.99. The Morgan fingerprint density at radius 3 is 2.38 bits per heavy atom. The van der Waals surface area contributed by atoms with E-state index in [1.807, 2.05) is 0 Å². The van der Waals surface area contributed by atoms with Crippen LogP contribution in [0.2, 0.25) is 0 Å². The fraction of sp³-hybridized carbons (Fsp3) is 0.429. The van der Waals surface area contributed by atoms with Crippen molar-refractivity contribution < 1.29 is 13.5 Å². The SMILES string of the molecule is Cc1ccc(CCC2CCC(c3ccc(C)c(F)c3F)CO2)cc1. The fourth-order valence-electron chi connectivity index (χ4n) is 3.34. The van der Waals surface area contributed by atoms with Gasteiger partial charge >= 0.3 is 0 Å². The quantitative estimate of drug-likeness (QED) is 0.721. The topological polar surface area (TPSA) is 9.23 Å². The third kappa shape index (κ3) is 3.84. The van der Waals surface area contributed by atoms with Crippen molar-refractivity contribution in [2.75, 3.05) is 6.61 Å². The summed E-state index contributed by atoms with van der Waals surface area (Å²) in [5.41, 5.74) is 3.39. The Balaban J connectivity index is 1.54. The van der Waals surface area contributed by atoms with Crippen LogP contribution in [0.3, 0.4) is 0 Å². The van der Waals surface area contributed by atoms with E-state index in [9.17, 15) is 8.78 Å². The van der Waals surface area contributed by atoms with Crippen LogP contribution in [-0.2, 0) is 11.2 Å². The molecule has 3 heteroatoms. The molecule has 2 aromatic carbocycles. The van der Waals surface area contributed by atoms with Crippen LogP contribution in [-0.4, -0.2) is 12.7 Å². The lowest BCUT2D eigenvalue weighted by Crippen LogP contribution is -2.26. The lowest BCUT2D eigenvalue weighted by molar-refractivity contribution is -0.00127. The number of hydrogen-bond acceptors (Lipinski definition) is 1. The van der Waals surface area contributed by atoms with Crippen LogP contribution in [0.4, 0.5) is 8.78 Å². The van der Waals surface area contributed by atoms with Gasteiger partial charge in [-0.15, -0.1) is 0 Å². The van der Waals surface area contributed by atoms with E-state index in [0.29, 0.717) is 17.7 Å². The van der Waals surface area contributed by atoms with Crippen molar-refractivity contribution in [3.05, 3.63) is 70.3 Å². The number of aryl methyl sites for hydroxylation is 3. The van der Waals surface area contributed by atoms with Crippen LogP contribution in [0, 0.1) is 25.5 Å². The lowest BCUT2D eigenvalue weighted by atomic mass is 9.89. The van der Waals surface area contributed by atoms with E-state index >= 15 is 0 Å². The number of benzene rings is 2. The van der Waals surface area contributed by atoms with E-state index in [4.69, 9.17) is 4.74 Å². The van der Waals surface area contributed by atoms with E-state index in [0.717, 1.165) is 25.7 Å². The minimum atomic E-state index is -0.728. The molecule has 1 aliphatic heterocycles. The molecule has 0 saturated carbocycles. The van der Waals surface area contributed by atoms with Crippen LogP contribution in [0.15, 0.2) is 36.4 Å². The van der Waals surface area contributed by atoms with Crippen molar-refractivity contribution in [2.45, 2.75) is 51.6 Å². The second-order valence-corrected chi connectivity index (χ2v) is 6.85. The van der Waals surface area contributed by atoms with Crippen molar-refractivity contribution in [2.24, 2.45) is 0 Å². The summed E-state index contributed by atoms with van der Waals surface area (Å²) in [6, 6.07) is 11.9. The van der Waals surface area contributed by atoms with E-state index in [1.165, 1.54) is 11.1 Å². The number of hydrogen-bond donors (Lipinski definition) is 0. The van der Waals surface area contributed by atoms with Crippen molar-refractivity contribution in [1.82, 2.24) is 0 Å². The maximum absolute atomic E-state index is 14.1. The minimum Gasteiger partial charge on any atom is -0.378 e. The summed E-state index contributed by atoms with van der Waals surface area (Å²) in [6.07, 6.45) is 3.91. The molecule has 0 bridgehead atoms. The molecule has 0 radical (unpaired) electrons. The molecule has 0 amide bonds. The zero-order valence-corrected chi connectivity index (χ0v) is 14.3. The standard InChI is InChI=1S/C21H24F2O/c1-14-3-6-16(7-4-14)8-10-18-11-9-17(13-24-18)19-12-5-15(2)20(22)21(19)23/h3-7,12,17-18H,8-11,13H2,1-2H3. The van der Waals surface area contributed by atoms with Crippen molar-refractivity contribution in [3.63, 3.8) is 0 Å². The zero-order valence-electron chi connectivity index (χ0n) is 14.3. The van der Waals surface area contributed by atoms with Crippen LogP contribution < -0.4 is 0 Å². The molecule has 0 aromatic heterocycles. The first kappa shape index (κ1) is 17.1. The lowest BCUT2D eigenvalue weighted by Gasteiger charge is -2.29. The maximum Gasteiger partial charge on any atom is 0.162 e. The Morgan fingerprint density at radius 2 is 1.71 bits per heavy atom. The zero-order chi connectivity index (χ0) is 17.1. The number of rotatable bonds is 4. The van der Waals surface area contributed by atoms with Crippen molar-refractivity contribution in [1.29, 1.82) is 0 Å². The average Bonchev–Trinajstić information content (AvgIpc) is 2.60. The third-order valence-corrected chi connectivity index (χ3v) is 4.99. The molecule has 24 heavy (non-hydrogen) atoms. The minimum absolute atomic E-state index is 0.0456.